The molecular weight excluding hydrogens is 392 g/mol. The third-order valence-corrected chi connectivity index (χ3v) is 4.33. The van der Waals surface area contributed by atoms with Crippen LogP contribution >= 0.6 is 0 Å². The summed E-state index contributed by atoms with van der Waals surface area (Å²) in [6, 6.07) is 12.4. The Morgan fingerprint density at radius 3 is 2.53 bits per heavy atom. The second-order valence-electron chi connectivity index (χ2n) is 6.60. The fraction of sp³-hybridized carbons (Fsp3) is 0.286. The molecule has 2 amide bonds. The maximum atomic E-state index is 12.1. The van der Waals surface area contributed by atoms with E-state index < -0.39 is 30.5 Å². The van der Waals surface area contributed by atoms with Crippen LogP contribution in [0.2, 0.25) is 0 Å². The third-order valence-electron chi connectivity index (χ3n) is 4.33. The molecule has 1 aliphatic heterocycles. The first kappa shape index (κ1) is 21.0. The lowest BCUT2D eigenvalue weighted by atomic mass is 10.1. The van der Waals surface area contributed by atoms with Crippen molar-refractivity contribution in [2.24, 2.45) is 0 Å². The van der Waals surface area contributed by atoms with Gasteiger partial charge in [-0.2, -0.15) is 0 Å². The number of esters is 1. The van der Waals surface area contributed by atoms with Crippen LogP contribution in [-0.4, -0.2) is 43.7 Å². The van der Waals surface area contributed by atoms with Gasteiger partial charge in [0.15, 0.2) is 24.7 Å². The predicted molar refractivity (Wildman–Crippen MR) is 105 cm³/mol. The van der Waals surface area contributed by atoms with Crippen molar-refractivity contribution >= 4 is 17.8 Å². The summed E-state index contributed by atoms with van der Waals surface area (Å²) in [6.07, 6.45) is -0.922. The minimum absolute atomic E-state index is 0.00350. The molecule has 1 aliphatic rings. The molecule has 2 N–H and O–H groups in total. The molecule has 0 aromatic heterocycles. The lowest BCUT2D eigenvalue weighted by Crippen LogP contribution is -2.51. The van der Waals surface area contributed by atoms with E-state index in [1.54, 1.807) is 36.4 Å². The molecule has 0 radical (unpaired) electrons. The first-order valence-corrected chi connectivity index (χ1v) is 9.25. The first-order valence-electron chi connectivity index (χ1n) is 9.25. The van der Waals surface area contributed by atoms with Gasteiger partial charge >= 0.3 is 5.97 Å². The SMILES string of the molecule is Cc1ccc(OCC(=O)OCC(=O)NNC(=O)[C@H]2COc3ccccc3O2)cc1C. The van der Waals surface area contributed by atoms with Gasteiger partial charge in [-0.15, -0.1) is 0 Å². The van der Waals surface area contributed by atoms with Crippen molar-refractivity contribution < 1.29 is 33.3 Å². The fourth-order valence-electron chi connectivity index (χ4n) is 2.53. The minimum atomic E-state index is -0.922. The Labute approximate surface area is 173 Å². The van der Waals surface area contributed by atoms with Gasteiger partial charge in [-0.05, 0) is 49.2 Å². The molecule has 2 aromatic carbocycles. The highest BCUT2D eigenvalue weighted by atomic mass is 16.6. The van der Waals surface area contributed by atoms with E-state index in [2.05, 4.69) is 10.9 Å². The van der Waals surface area contributed by atoms with Gasteiger partial charge in [0.05, 0.1) is 0 Å². The summed E-state index contributed by atoms with van der Waals surface area (Å²) in [4.78, 5) is 35.6. The number of carbonyl (C=O) groups excluding carboxylic acids is 3. The van der Waals surface area contributed by atoms with Crippen molar-refractivity contribution in [2.75, 3.05) is 19.8 Å². The smallest absolute Gasteiger partial charge is 0.344 e. The monoisotopic (exact) mass is 414 g/mol. The normalized spacial score (nSPS) is 14.4. The van der Waals surface area contributed by atoms with E-state index in [0.29, 0.717) is 17.2 Å². The number of aryl methyl sites for hydroxylation is 2. The topological polar surface area (TPSA) is 112 Å². The zero-order chi connectivity index (χ0) is 21.5. The number of hydrogen-bond acceptors (Lipinski definition) is 7. The zero-order valence-electron chi connectivity index (χ0n) is 16.6. The van der Waals surface area contributed by atoms with Crippen molar-refractivity contribution in [1.82, 2.24) is 10.9 Å². The molecule has 9 heteroatoms. The van der Waals surface area contributed by atoms with E-state index in [4.69, 9.17) is 18.9 Å². The summed E-state index contributed by atoms with van der Waals surface area (Å²) in [7, 11) is 0. The van der Waals surface area contributed by atoms with Crippen molar-refractivity contribution in [3.05, 3.63) is 53.6 Å². The maximum absolute atomic E-state index is 12.1. The van der Waals surface area contributed by atoms with E-state index in [0.717, 1.165) is 11.1 Å². The maximum Gasteiger partial charge on any atom is 0.344 e. The van der Waals surface area contributed by atoms with Gasteiger partial charge in [-0.25, -0.2) is 4.79 Å². The molecule has 1 heterocycles. The molecule has 0 saturated carbocycles. The molecule has 0 spiro atoms. The van der Waals surface area contributed by atoms with Crippen LogP contribution in [0.1, 0.15) is 11.1 Å². The number of rotatable bonds is 6. The molecule has 0 saturated heterocycles. The number of para-hydroxylation sites is 2. The highest BCUT2D eigenvalue weighted by Gasteiger charge is 2.27. The molecule has 0 aliphatic carbocycles. The summed E-state index contributed by atoms with van der Waals surface area (Å²) in [5.41, 5.74) is 6.51. The molecule has 3 rings (SSSR count). The summed E-state index contributed by atoms with van der Waals surface area (Å²) in [6.45, 7) is 3.00. The van der Waals surface area contributed by atoms with Gasteiger partial charge in [0, 0.05) is 0 Å². The standard InChI is InChI=1S/C21H22N2O7/c1-13-7-8-15(9-14(13)2)27-12-20(25)29-11-19(24)22-23-21(26)18-10-28-16-5-3-4-6-17(16)30-18/h3-9,18H,10-12H2,1-2H3,(H,22,24)(H,23,26)/t18-/m1/s1. The van der Waals surface area contributed by atoms with E-state index in [9.17, 15) is 14.4 Å². The van der Waals surface area contributed by atoms with Crippen LogP contribution in [0, 0.1) is 13.8 Å². The van der Waals surface area contributed by atoms with Crippen molar-refractivity contribution in [3.63, 3.8) is 0 Å². The van der Waals surface area contributed by atoms with Crippen LogP contribution < -0.4 is 25.1 Å². The zero-order valence-corrected chi connectivity index (χ0v) is 16.6. The number of ether oxygens (including phenoxy) is 4. The third kappa shape index (κ3) is 5.63. The number of hydrogen-bond donors (Lipinski definition) is 2. The van der Waals surface area contributed by atoms with Crippen LogP contribution in [0.25, 0.3) is 0 Å². The van der Waals surface area contributed by atoms with Gasteiger partial charge < -0.3 is 18.9 Å². The number of hydrazine groups is 1. The predicted octanol–water partition coefficient (Wildman–Crippen LogP) is 1.21. The molecule has 0 unspecified atom stereocenters. The molecule has 0 fully saturated rings. The van der Waals surface area contributed by atoms with Crippen molar-refractivity contribution in [1.29, 1.82) is 0 Å². The molecule has 0 bridgehead atoms. The Bertz CT molecular complexity index is 945. The Balaban J connectivity index is 1.35. The van der Waals surface area contributed by atoms with E-state index in [-0.39, 0.29) is 13.2 Å². The van der Waals surface area contributed by atoms with Crippen molar-refractivity contribution in [2.45, 2.75) is 20.0 Å². The molecule has 2 aromatic rings. The first-order chi connectivity index (χ1) is 14.4. The number of carbonyl (C=O) groups is 3. The van der Waals surface area contributed by atoms with Gasteiger partial charge in [-0.3, -0.25) is 20.4 Å². The van der Waals surface area contributed by atoms with E-state index in [1.807, 2.05) is 19.9 Å². The summed E-state index contributed by atoms with van der Waals surface area (Å²) in [5, 5.41) is 0. The Kier molecular flexibility index (Phi) is 6.74. The quantitative estimate of drug-likeness (QED) is 0.540. The van der Waals surface area contributed by atoms with Crippen molar-refractivity contribution in [3.8, 4) is 17.2 Å². The molecule has 9 nitrogen and oxygen atoms in total. The lowest BCUT2D eigenvalue weighted by Gasteiger charge is -2.25. The van der Waals surface area contributed by atoms with Gasteiger partial charge in [0.1, 0.15) is 12.4 Å². The molecular formula is C21H22N2O7. The molecule has 1 atom stereocenters. The number of amides is 2. The van der Waals surface area contributed by atoms with E-state index >= 15 is 0 Å². The second kappa shape index (κ2) is 9.64. The Hall–Kier alpha value is -3.75. The van der Waals surface area contributed by atoms with Crippen LogP contribution in [0.3, 0.4) is 0 Å². The summed E-state index contributed by atoms with van der Waals surface area (Å²) >= 11 is 0. The lowest BCUT2D eigenvalue weighted by molar-refractivity contribution is -0.151. The summed E-state index contributed by atoms with van der Waals surface area (Å²) in [5.74, 6) is -0.505. The number of fused-ring (bicyclic) bond motifs is 1. The van der Waals surface area contributed by atoms with E-state index in [1.165, 1.54) is 0 Å². The second-order valence-corrected chi connectivity index (χ2v) is 6.60. The van der Waals surface area contributed by atoms with Gasteiger partial charge in [0.25, 0.3) is 11.8 Å². The van der Waals surface area contributed by atoms with Crippen LogP contribution in [0.4, 0.5) is 0 Å². The van der Waals surface area contributed by atoms with Crippen LogP contribution in [0.5, 0.6) is 17.2 Å². The number of nitrogens with one attached hydrogen (secondary N) is 2. The average molecular weight is 414 g/mol. The van der Waals surface area contributed by atoms with Gasteiger partial charge in [-0.1, -0.05) is 18.2 Å². The average Bonchev–Trinajstić information content (AvgIpc) is 2.76. The molecule has 158 valence electrons. The highest BCUT2D eigenvalue weighted by Crippen LogP contribution is 2.30. The fourth-order valence-corrected chi connectivity index (χ4v) is 2.53. The highest BCUT2D eigenvalue weighted by molar-refractivity contribution is 5.86. The largest absolute Gasteiger partial charge is 0.485 e. The minimum Gasteiger partial charge on any atom is -0.485 e. The Morgan fingerprint density at radius 1 is 1.00 bits per heavy atom. The number of benzene rings is 2. The van der Waals surface area contributed by atoms with Crippen LogP contribution in [-0.2, 0) is 19.1 Å². The molecule has 30 heavy (non-hydrogen) atoms. The summed E-state index contributed by atoms with van der Waals surface area (Å²) < 4.78 is 21.1. The van der Waals surface area contributed by atoms with Crippen LogP contribution in [0.15, 0.2) is 42.5 Å². The van der Waals surface area contributed by atoms with Gasteiger partial charge in [0.2, 0.25) is 6.10 Å². The Morgan fingerprint density at radius 2 is 1.77 bits per heavy atom.